The number of esters is 1. The molecule has 1 fully saturated rings. The molecule has 0 spiro atoms. The Bertz CT molecular complexity index is 2110. The molecule has 1 saturated heterocycles. The maximum Gasteiger partial charge on any atom is 0.414 e. The maximum absolute atomic E-state index is 13.9. The summed E-state index contributed by atoms with van der Waals surface area (Å²) in [6.07, 6.45) is -1.38. The third-order valence-electron chi connectivity index (χ3n) is 8.49. The molecule has 4 aromatic carbocycles. The fourth-order valence-electron chi connectivity index (χ4n) is 5.71. The molecule has 290 valence electrons. The van der Waals surface area contributed by atoms with E-state index in [1.165, 1.54) is 114 Å². The highest BCUT2D eigenvalue weighted by Gasteiger charge is 2.39. The highest BCUT2D eigenvalue weighted by atomic mass is 32.2. The third-order valence-corrected chi connectivity index (χ3v) is 9.49. The molecule has 0 aliphatic carbocycles. The first-order valence-electron chi connectivity index (χ1n) is 16.8. The molecule has 19 heteroatoms. The summed E-state index contributed by atoms with van der Waals surface area (Å²) in [5.74, 6) is -0.764. The van der Waals surface area contributed by atoms with Crippen molar-refractivity contribution in [3.05, 3.63) is 150 Å². The summed E-state index contributed by atoms with van der Waals surface area (Å²) < 4.78 is 16.6. The van der Waals surface area contributed by atoms with Crippen LogP contribution in [0.25, 0.3) is 0 Å². The minimum atomic E-state index is -0.887. The lowest BCUT2D eigenvalue weighted by Gasteiger charge is -2.30. The second kappa shape index (κ2) is 18.4. The minimum absolute atomic E-state index is 0.0494. The van der Waals surface area contributed by atoms with E-state index < -0.39 is 39.0 Å². The number of anilines is 1. The number of non-ortho nitro benzene ring substituents is 3. The number of rotatable bonds is 14. The molecule has 56 heavy (non-hydrogen) atoms. The van der Waals surface area contributed by atoms with Crippen LogP contribution in [-0.2, 0) is 38.8 Å². The van der Waals surface area contributed by atoms with Crippen molar-refractivity contribution in [2.24, 2.45) is 0 Å². The summed E-state index contributed by atoms with van der Waals surface area (Å²) in [6, 6.07) is 21.5. The predicted molar refractivity (Wildman–Crippen MR) is 200 cm³/mol. The summed E-state index contributed by atoms with van der Waals surface area (Å²) in [4.78, 5) is 86.6. The number of carbonyl (C=O) groups excluding carboxylic acids is 4. The number of ether oxygens (including phenoxy) is 3. The van der Waals surface area contributed by atoms with Crippen molar-refractivity contribution in [3.63, 3.8) is 0 Å². The molecule has 4 aromatic rings. The molecule has 5 rings (SSSR count). The second-order valence-electron chi connectivity index (χ2n) is 12.4. The van der Waals surface area contributed by atoms with Crippen LogP contribution in [0.5, 0.6) is 0 Å². The number of amides is 2. The van der Waals surface area contributed by atoms with E-state index in [9.17, 15) is 49.5 Å². The molecule has 1 heterocycles. The van der Waals surface area contributed by atoms with Crippen molar-refractivity contribution in [1.29, 1.82) is 0 Å². The number of carbonyl (C=O) groups is 4. The number of hydrogen-bond donors (Lipinski definition) is 0. The molecule has 1 aliphatic rings. The van der Waals surface area contributed by atoms with Gasteiger partial charge in [0.25, 0.3) is 17.1 Å². The predicted octanol–water partition coefficient (Wildman–Crippen LogP) is 6.97. The lowest BCUT2D eigenvalue weighted by Crippen LogP contribution is -2.45. The van der Waals surface area contributed by atoms with Gasteiger partial charge in [-0.3, -0.25) is 40.0 Å². The lowest BCUT2D eigenvalue weighted by atomic mass is 10.1. The highest BCUT2D eigenvalue weighted by molar-refractivity contribution is 8.14. The van der Waals surface area contributed by atoms with Gasteiger partial charge in [0.2, 0.25) is 0 Å². The summed E-state index contributed by atoms with van der Waals surface area (Å²) in [5.41, 5.74) is 1.25. The molecule has 1 aliphatic heterocycles. The standard InChI is InChI=1S/C37H33N5O13S/c1-24(43)56-34-18-33(39(20-34)37(46)55-23-27-9-15-31(16-10-27)42(51)52)19-38(36(45)54-22-26-7-13-30(14-8-26)41(49)50)32-4-2-3-28(17-32)35(44)53-21-25-5-11-29(12-6-25)40(47)48/h2-17,33-34H,18-23H2,1H3/t33-,34-/m0/s1. The highest BCUT2D eigenvalue weighted by Crippen LogP contribution is 2.31. The average molecular weight is 788 g/mol. The van der Waals surface area contributed by atoms with Gasteiger partial charge in [0.05, 0.1) is 26.4 Å². The summed E-state index contributed by atoms with van der Waals surface area (Å²) in [5, 5.41) is 32.6. The van der Waals surface area contributed by atoms with Crippen LogP contribution in [0.2, 0.25) is 0 Å². The number of likely N-dealkylation sites (tertiary alicyclic amines) is 1. The zero-order valence-electron chi connectivity index (χ0n) is 29.6. The maximum atomic E-state index is 13.9. The minimum Gasteiger partial charge on any atom is -0.457 e. The normalized spacial score (nSPS) is 14.7. The van der Waals surface area contributed by atoms with Gasteiger partial charge in [-0.15, -0.1) is 0 Å². The Kier molecular flexibility index (Phi) is 13.3. The van der Waals surface area contributed by atoms with Gasteiger partial charge in [-0.1, -0.05) is 17.8 Å². The molecule has 18 nitrogen and oxygen atoms in total. The number of nitro benzene ring substituents is 3. The van der Waals surface area contributed by atoms with Gasteiger partial charge < -0.3 is 19.1 Å². The van der Waals surface area contributed by atoms with Crippen LogP contribution in [0.4, 0.5) is 32.3 Å². The van der Waals surface area contributed by atoms with E-state index in [2.05, 4.69) is 0 Å². The van der Waals surface area contributed by atoms with Gasteiger partial charge in [-0.2, -0.15) is 0 Å². The largest absolute Gasteiger partial charge is 0.457 e. The number of hydrogen-bond acceptors (Lipinski definition) is 14. The molecule has 2 amide bonds. The zero-order valence-corrected chi connectivity index (χ0v) is 30.4. The van der Waals surface area contributed by atoms with Crippen LogP contribution < -0.4 is 4.90 Å². The molecule has 0 unspecified atom stereocenters. The quantitative estimate of drug-likeness (QED) is 0.0544. The van der Waals surface area contributed by atoms with Crippen LogP contribution in [-0.4, -0.2) is 67.3 Å². The fraction of sp³-hybridized carbons (Fsp3) is 0.243. The zero-order chi connectivity index (χ0) is 40.4. The Balaban J connectivity index is 1.37. The molecule has 0 aromatic heterocycles. The van der Waals surface area contributed by atoms with Crippen molar-refractivity contribution in [2.75, 3.05) is 18.0 Å². The van der Waals surface area contributed by atoms with E-state index >= 15 is 0 Å². The monoisotopic (exact) mass is 787 g/mol. The molecule has 0 radical (unpaired) electrons. The number of thioether (sulfide) groups is 1. The molecule has 2 atom stereocenters. The summed E-state index contributed by atoms with van der Waals surface area (Å²) >= 11 is 1.03. The average Bonchev–Trinajstić information content (AvgIpc) is 3.59. The Morgan fingerprint density at radius 1 is 0.714 bits per heavy atom. The van der Waals surface area contributed by atoms with E-state index in [0.29, 0.717) is 16.7 Å². The Morgan fingerprint density at radius 2 is 1.20 bits per heavy atom. The smallest absolute Gasteiger partial charge is 0.414 e. The van der Waals surface area contributed by atoms with E-state index in [4.69, 9.17) is 14.2 Å². The lowest BCUT2D eigenvalue weighted by molar-refractivity contribution is -0.385. The summed E-state index contributed by atoms with van der Waals surface area (Å²) in [6.45, 7) is 0.616. The van der Waals surface area contributed by atoms with Crippen molar-refractivity contribution in [3.8, 4) is 0 Å². The van der Waals surface area contributed by atoms with Gasteiger partial charge in [0.15, 0.2) is 5.12 Å². The first-order valence-corrected chi connectivity index (χ1v) is 17.7. The Hall–Kier alpha value is -6.89. The molecular weight excluding hydrogens is 754 g/mol. The van der Waals surface area contributed by atoms with E-state index in [1.807, 2.05) is 0 Å². The topological polar surface area (TPSA) is 232 Å². The fourth-order valence-corrected chi connectivity index (χ4v) is 6.74. The van der Waals surface area contributed by atoms with E-state index in [0.717, 1.165) is 11.8 Å². The van der Waals surface area contributed by atoms with Crippen LogP contribution >= 0.6 is 11.8 Å². The van der Waals surface area contributed by atoms with Gasteiger partial charge in [-0.05, 0) is 77.7 Å². The Morgan fingerprint density at radius 3 is 1.68 bits per heavy atom. The first-order chi connectivity index (χ1) is 26.8. The number of nitro groups is 3. The molecular formula is C37H33N5O13S. The number of nitrogens with zero attached hydrogens (tertiary/aromatic N) is 5. The van der Waals surface area contributed by atoms with Crippen molar-refractivity contribution < 1.29 is 48.2 Å². The summed E-state index contributed by atoms with van der Waals surface area (Å²) in [7, 11) is 0. The van der Waals surface area contributed by atoms with Gasteiger partial charge in [0.1, 0.15) is 19.8 Å². The first kappa shape index (κ1) is 40.3. The van der Waals surface area contributed by atoms with Crippen LogP contribution in [0.1, 0.15) is 40.4 Å². The third kappa shape index (κ3) is 10.8. The van der Waals surface area contributed by atoms with Gasteiger partial charge in [0, 0.05) is 67.3 Å². The SMILES string of the molecule is CC(=O)S[C@H]1C[C@@H](CN(C(=O)OCc2ccc([N+](=O)[O-])cc2)c2cccc(C(=O)OCc3ccc([N+](=O)[O-])cc3)c2)N(C(=O)OCc2ccc([N+](=O)[O-])cc2)C1. The van der Waals surface area contributed by atoms with Crippen molar-refractivity contribution in [2.45, 2.75) is 44.5 Å². The molecule has 0 bridgehead atoms. The van der Waals surface area contributed by atoms with Crippen molar-refractivity contribution in [1.82, 2.24) is 4.90 Å². The van der Waals surface area contributed by atoms with E-state index in [1.54, 1.807) is 0 Å². The van der Waals surface area contributed by atoms with Crippen molar-refractivity contribution >= 4 is 57.8 Å². The number of benzene rings is 4. The second-order valence-corrected chi connectivity index (χ2v) is 13.9. The molecule has 0 N–H and O–H groups in total. The Labute approximate surface area is 322 Å². The van der Waals surface area contributed by atoms with Gasteiger partial charge in [-0.25, -0.2) is 14.4 Å². The van der Waals surface area contributed by atoms with Crippen LogP contribution in [0.15, 0.2) is 97.1 Å². The van der Waals surface area contributed by atoms with Gasteiger partial charge >= 0.3 is 18.2 Å². The molecule has 0 saturated carbocycles. The van der Waals surface area contributed by atoms with E-state index in [-0.39, 0.29) is 78.0 Å². The van der Waals surface area contributed by atoms with Crippen LogP contribution in [0, 0.1) is 30.3 Å². The van der Waals surface area contributed by atoms with Crippen LogP contribution in [0.3, 0.4) is 0 Å².